The van der Waals surface area contributed by atoms with E-state index in [0.29, 0.717) is 11.3 Å². The molecule has 0 aliphatic carbocycles. The van der Waals surface area contributed by atoms with Gasteiger partial charge in [0.2, 0.25) is 0 Å². The highest BCUT2D eigenvalue weighted by Crippen LogP contribution is 2.12. The molecule has 0 N–H and O–H groups in total. The van der Waals surface area contributed by atoms with Crippen LogP contribution in [0, 0.1) is 11.3 Å². The van der Waals surface area contributed by atoms with E-state index in [0.717, 1.165) is 0 Å². The van der Waals surface area contributed by atoms with Crippen LogP contribution in [0.3, 0.4) is 0 Å². The summed E-state index contributed by atoms with van der Waals surface area (Å²) in [5.41, 5.74) is 0.476. The van der Waals surface area contributed by atoms with Crippen molar-refractivity contribution < 1.29 is 13.5 Å². The molecule has 0 aliphatic heterocycles. The molecule has 0 saturated carbocycles. The van der Waals surface area contributed by atoms with Crippen molar-refractivity contribution in [2.24, 2.45) is 0 Å². The van der Waals surface area contributed by atoms with Crippen molar-refractivity contribution in [2.75, 3.05) is 6.61 Å². The van der Waals surface area contributed by atoms with Gasteiger partial charge in [-0.25, -0.2) is 8.78 Å². The molecule has 1 rings (SSSR count). The lowest BCUT2D eigenvalue weighted by atomic mass is 10.2. The van der Waals surface area contributed by atoms with Crippen LogP contribution >= 0.6 is 0 Å². The van der Waals surface area contributed by atoms with Crippen molar-refractivity contribution in [1.29, 1.82) is 5.26 Å². The molecule has 0 spiro atoms. The monoisotopic (exact) mass is 183 g/mol. The van der Waals surface area contributed by atoms with E-state index in [2.05, 4.69) is 0 Å². The number of nitrogens with zero attached hydrogens (tertiary/aromatic N) is 1. The van der Waals surface area contributed by atoms with Crippen molar-refractivity contribution in [3.8, 4) is 11.8 Å². The molecule has 1 aromatic carbocycles. The Labute approximate surface area is 74.4 Å². The molecular formula is C9H7F2NO. The van der Waals surface area contributed by atoms with Crippen LogP contribution in [0.1, 0.15) is 5.56 Å². The maximum atomic E-state index is 11.7. The van der Waals surface area contributed by atoms with Crippen LogP contribution in [-0.4, -0.2) is 13.0 Å². The zero-order valence-corrected chi connectivity index (χ0v) is 6.71. The largest absolute Gasteiger partial charge is 0.488 e. The first-order chi connectivity index (χ1) is 6.22. The highest BCUT2D eigenvalue weighted by atomic mass is 19.3. The van der Waals surface area contributed by atoms with Gasteiger partial charge in [-0.1, -0.05) is 0 Å². The second-order valence-electron chi connectivity index (χ2n) is 2.34. The fraction of sp³-hybridized carbons (Fsp3) is 0.222. The smallest absolute Gasteiger partial charge is 0.272 e. The van der Waals surface area contributed by atoms with Crippen molar-refractivity contribution >= 4 is 0 Å². The molecule has 4 heteroatoms. The quantitative estimate of drug-likeness (QED) is 0.719. The van der Waals surface area contributed by atoms with Crippen LogP contribution < -0.4 is 4.74 Å². The van der Waals surface area contributed by atoms with Crippen LogP contribution in [0.4, 0.5) is 8.78 Å². The molecule has 0 fully saturated rings. The zero-order valence-electron chi connectivity index (χ0n) is 6.71. The van der Waals surface area contributed by atoms with Crippen molar-refractivity contribution in [3.63, 3.8) is 0 Å². The number of ether oxygens (including phenoxy) is 1. The average Bonchev–Trinajstić information content (AvgIpc) is 2.15. The normalized spacial score (nSPS) is 9.69. The molecule has 0 heterocycles. The lowest BCUT2D eigenvalue weighted by Crippen LogP contribution is -2.06. The molecule has 0 aliphatic rings. The number of hydrogen-bond donors (Lipinski definition) is 0. The van der Waals surface area contributed by atoms with E-state index in [-0.39, 0.29) is 0 Å². The first-order valence-electron chi connectivity index (χ1n) is 3.63. The number of rotatable bonds is 3. The fourth-order valence-corrected chi connectivity index (χ4v) is 0.785. The van der Waals surface area contributed by atoms with Crippen LogP contribution in [-0.2, 0) is 0 Å². The Hall–Kier alpha value is -1.63. The molecule has 0 unspecified atom stereocenters. The first-order valence-corrected chi connectivity index (χ1v) is 3.63. The highest BCUT2D eigenvalue weighted by Gasteiger charge is 2.02. The summed E-state index contributed by atoms with van der Waals surface area (Å²) < 4.78 is 28.1. The Morgan fingerprint density at radius 2 is 1.92 bits per heavy atom. The first kappa shape index (κ1) is 9.46. The van der Waals surface area contributed by atoms with Gasteiger partial charge in [-0.2, -0.15) is 5.26 Å². The Kier molecular flexibility index (Phi) is 3.21. The minimum Gasteiger partial charge on any atom is -0.488 e. The van der Waals surface area contributed by atoms with E-state index in [4.69, 9.17) is 10.00 Å². The number of alkyl halides is 2. The van der Waals surface area contributed by atoms with Crippen LogP contribution in [0.2, 0.25) is 0 Å². The second kappa shape index (κ2) is 4.41. The average molecular weight is 183 g/mol. The van der Waals surface area contributed by atoms with Gasteiger partial charge >= 0.3 is 0 Å². The van der Waals surface area contributed by atoms with Gasteiger partial charge in [0.1, 0.15) is 12.4 Å². The van der Waals surface area contributed by atoms with Gasteiger partial charge in [0, 0.05) is 0 Å². The van der Waals surface area contributed by atoms with Crippen molar-refractivity contribution in [2.45, 2.75) is 6.43 Å². The van der Waals surface area contributed by atoms with Crippen LogP contribution in [0.5, 0.6) is 5.75 Å². The van der Waals surface area contributed by atoms with E-state index >= 15 is 0 Å². The number of halogens is 2. The van der Waals surface area contributed by atoms with Gasteiger partial charge in [-0.05, 0) is 24.3 Å². The Balaban J connectivity index is 2.55. The molecule has 68 valence electrons. The summed E-state index contributed by atoms with van der Waals surface area (Å²) >= 11 is 0. The molecule has 0 radical (unpaired) electrons. The Morgan fingerprint density at radius 1 is 1.31 bits per heavy atom. The Morgan fingerprint density at radius 3 is 2.38 bits per heavy atom. The summed E-state index contributed by atoms with van der Waals surface area (Å²) in [6, 6.07) is 7.92. The maximum absolute atomic E-state index is 11.7. The summed E-state index contributed by atoms with van der Waals surface area (Å²) in [7, 11) is 0. The second-order valence-corrected chi connectivity index (χ2v) is 2.34. The molecule has 0 amide bonds. The van der Waals surface area contributed by atoms with Crippen molar-refractivity contribution in [1.82, 2.24) is 0 Å². The molecule has 0 aromatic heterocycles. The molecule has 0 atom stereocenters. The zero-order chi connectivity index (χ0) is 9.68. The van der Waals surface area contributed by atoms with Crippen LogP contribution in [0.25, 0.3) is 0 Å². The molecule has 2 nitrogen and oxygen atoms in total. The van der Waals surface area contributed by atoms with Gasteiger partial charge in [-0.3, -0.25) is 0 Å². The number of benzene rings is 1. The van der Waals surface area contributed by atoms with Gasteiger partial charge in [-0.15, -0.1) is 0 Å². The predicted octanol–water partition coefficient (Wildman–Crippen LogP) is 2.20. The predicted molar refractivity (Wildman–Crippen MR) is 42.7 cm³/mol. The third-order valence-electron chi connectivity index (χ3n) is 1.36. The van der Waals surface area contributed by atoms with E-state index in [1.165, 1.54) is 24.3 Å². The third kappa shape index (κ3) is 3.08. The van der Waals surface area contributed by atoms with Gasteiger partial charge in [0.25, 0.3) is 6.43 Å². The molecule has 13 heavy (non-hydrogen) atoms. The molecule has 0 saturated heterocycles. The van der Waals surface area contributed by atoms with E-state index in [9.17, 15) is 8.78 Å². The van der Waals surface area contributed by atoms with E-state index in [1.54, 1.807) is 0 Å². The van der Waals surface area contributed by atoms with Crippen molar-refractivity contribution in [3.05, 3.63) is 29.8 Å². The SMILES string of the molecule is N#Cc1ccc(OCC(F)F)cc1. The van der Waals surface area contributed by atoms with Gasteiger partial charge in [0.15, 0.2) is 0 Å². The summed E-state index contributed by atoms with van der Waals surface area (Å²) in [6.07, 6.45) is -2.48. The summed E-state index contributed by atoms with van der Waals surface area (Å²) in [5.74, 6) is 0.347. The standard InChI is InChI=1S/C9H7F2NO/c10-9(11)6-13-8-3-1-7(5-12)2-4-8/h1-4,9H,6H2. The minimum absolute atomic E-state index is 0.347. The summed E-state index contributed by atoms with van der Waals surface area (Å²) in [6.45, 7) is -0.619. The highest BCUT2D eigenvalue weighted by molar-refractivity contribution is 5.34. The number of hydrogen-bond acceptors (Lipinski definition) is 2. The third-order valence-corrected chi connectivity index (χ3v) is 1.36. The Bertz CT molecular complexity index is 302. The summed E-state index contributed by atoms with van der Waals surface area (Å²) in [4.78, 5) is 0. The molecule has 0 bridgehead atoms. The lowest BCUT2D eigenvalue weighted by Gasteiger charge is -2.04. The lowest BCUT2D eigenvalue weighted by molar-refractivity contribution is 0.0819. The maximum Gasteiger partial charge on any atom is 0.272 e. The summed E-state index contributed by atoms with van der Waals surface area (Å²) in [5, 5.41) is 8.44. The topological polar surface area (TPSA) is 33.0 Å². The minimum atomic E-state index is -2.48. The van der Waals surface area contributed by atoms with E-state index < -0.39 is 13.0 Å². The molecular weight excluding hydrogens is 176 g/mol. The van der Waals surface area contributed by atoms with E-state index in [1.807, 2.05) is 6.07 Å². The van der Waals surface area contributed by atoms with Crippen LogP contribution in [0.15, 0.2) is 24.3 Å². The van der Waals surface area contributed by atoms with Gasteiger partial charge < -0.3 is 4.74 Å². The fourth-order valence-electron chi connectivity index (χ4n) is 0.785. The number of nitriles is 1. The molecule has 1 aromatic rings. The van der Waals surface area contributed by atoms with Gasteiger partial charge in [0.05, 0.1) is 11.6 Å².